The number of hydrogen-bond acceptors (Lipinski definition) is 32. The van der Waals surface area contributed by atoms with Crippen LogP contribution in [0.2, 0.25) is 0 Å². The average molecular weight is 2000 g/mol. The zero-order chi connectivity index (χ0) is 102. The maximum atomic E-state index is 12.6. The minimum atomic E-state index is -0.238. The molecule has 758 valence electrons. The van der Waals surface area contributed by atoms with Crippen molar-refractivity contribution in [1.82, 2.24) is 95.6 Å². The number of hydrogen-bond donors (Lipinski definition) is 8. The third-order valence-electron chi connectivity index (χ3n) is 23.7. The summed E-state index contributed by atoms with van der Waals surface area (Å²) >= 11 is 17.3. The summed E-state index contributed by atoms with van der Waals surface area (Å²) in [6.45, 7) is 58.1. The third kappa shape index (κ3) is 32.1. The van der Waals surface area contributed by atoms with Crippen LogP contribution in [0.4, 0.5) is 46.8 Å². The van der Waals surface area contributed by atoms with Gasteiger partial charge in [0.2, 0.25) is 29.7 Å². The van der Waals surface area contributed by atoms with Crippen molar-refractivity contribution >= 4 is 117 Å². The first kappa shape index (κ1) is 111. The monoisotopic (exact) mass is 2000 g/mol. The van der Waals surface area contributed by atoms with E-state index in [0.29, 0.717) is 114 Å². The van der Waals surface area contributed by atoms with Crippen molar-refractivity contribution in [3.63, 3.8) is 0 Å². The number of nitrogens with zero attached hydrogens (tertiary/aromatic N) is 20. The van der Waals surface area contributed by atoms with Crippen LogP contribution in [0.25, 0.3) is 34.2 Å². The second kappa shape index (κ2) is 55.5. The van der Waals surface area contributed by atoms with Crippen LogP contribution in [0, 0.1) is 60.2 Å². The van der Waals surface area contributed by atoms with E-state index < -0.39 is 0 Å². The van der Waals surface area contributed by atoms with E-state index in [4.69, 9.17) is 76.7 Å². The quantitative estimate of drug-likeness (QED) is 0.0130. The number of ether oxygens (including phenoxy) is 6. The Hall–Kier alpha value is -11.8. The molecule has 6 aliphatic rings. The number of aromatic nitrogens is 16. The topological polar surface area (TPSA) is 411 Å². The molecule has 11 aromatic rings. The molecule has 40 heteroatoms. The summed E-state index contributed by atoms with van der Waals surface area (Å²) in [4.78, 5) is 79.3. The highest BCUT2D eigenvalue weighted by atomic mass is 32.2. The van der Waals surface area contributed by atoms with Crippen LogP contribution in [-0.4, -0.2) is 252 Å². The summed E-state index contributed by atoms with van der Waals surface area (Å²) in [5.74, 6) is 11.5. The van der Waals surface area contributed by atoms with E-state index in [9.17, 15) is 9.59 Å². The van der Waals surface area contributed by atoms with Gasteiger partial charge in [0, 0.05) is 94.3 Å². The van der Waals surface area contributed by atoms with Gasteiger partial charge in [0.1, 0.15) is 0 Å². The van der Waals surface area contributed by atoms with Gasteiger partial charge in [-0.15, -0.1) is 10.2 Å². The summed E-state index contributed by atoms with van der Waals surface area (Å²) in [5.41, 5.74) is 34.4. The number of anilines is 8. The first-order chi connectivity index (χ1) is 67.8. The van der Waals surface area contributed by atoms with Crippen molar-refractivity contribution in [2.24, 2.45) is 5.84 Å². The molecule has 1 atom stereocenters. The SMILES string of the molecule is CC.CC(=S)Nc1cnc(N2CCOCC2)nc1.CC1CCCO1.CSc1nnc(-c2cc(C(C)C)c(C)cc2C)n1-c1cnc(N2CCOCC2)nc1.Cc1cc(C)c(C(C)C)cc1-c1n[nH]c(=S)n1-c1cnc(N2CCOCC2)nc1.Cc1cc(C)c(C(C)C)cc1C(=O)NN.Cc1cc(C)c(C(C)C)cc1C(=O)NNC(=S)Nc1cnc(N2CCOCC2)nc1.Nc1cnc(N2CCOCC2)nc1. The van der Waals surface area contributed by atoms with E-state index in [1.165, 1.54) is 57.3 Å². The highest BCUT2D eigenvalue weighted by molar-refractivity contribution is 7.98. The van der Waals surface area contributed by atoms with Gasteiger partial charge in [-0.2, -0.15) is 5.10 Å². The molecule has 6 fully saturated rings. The first-order valence-corrected chi connectivity index (χ1v) is 50.6. The van der Waals surface area contributed by atoms with E-state index in [1.807, 2.05) is 82.1 Å². The van der Waals surface area contributed by atoms with Gasteiger partial charge in [0.05, 0.1) is 168 Å². The van der Waals surface area contributed by atoms with Gasteiger partial charge in [-0.05, 0) is 227 Å². The molecule has 13 heterocycles. The van der Waals surface area contributed by atoms with Crippen molar-refractivity contribution < 1.29 is 38.0 Å². The number of thiocarbonyl (C=S) groups is 2. The molecule has 1 unspecified atom stereocenters. The lowest BCUT2D eigenvalue weighted by atomic mass is 9.93. The normalized spacial score (nSPS) is 15.1. The Morgan fingerprint density at radius 2 is 0.766 bits per heavy atom. The van der Waals surface area contributed by atoms with Crippen molar-refractivity contribution in [2.75, 3.05) is 185 Å². The van der Waals surface area contributed by atoms with E-state index in [-0.39, 0.29) is 16.9 Å². The molecular formula is C101H142N28O8S4. The first-order valence-electron chi connectivity index (χ1n) is 48.2. The van der Waals surface area contributed by atoms with Crippen molar-refractivity contribution in [3.8, 4) is 34.2 Å². The average Bonchev–Trinajstić information content (AvgIpc) is 1.65. The third-order valence-corrected chi connectivity index (χ3v) is 24.9. The molecule has 4 aromatic carbocycles. The fraction of sp³-hybridized carbons (Fsp3) is 0.485. The van der Waals surface area contributed by atoms with Gasteiger partial charge in [-0.3, -0.25) is 40.1 Å². The number of hydrazine groups is 2. The molecule has 0 bridgehead atoms. The number of nitrogen functional groups attached to an aromatic ring is 2. The maximum absolute atomic E-state index is 12.6. The molecule has 6 aliphatic heterocycles. The molecule has 17 rings (SSSR count). The number of nitrogens with two attached hydrogens (primary N) is 2. The standard InChI is InChI=1S/C22H28N6OS.C21H28N6O2S.C21H26N6OS.C12H18N2O.C10H14N4OS.C8H12N4O.C5H10O.C2H6/c1-14(2)18-11-19(16(4)10-15(18)3)20-25-26-22(30-5)28(20)17-12-23-21(24-13-17)27-6-8-29-9-7-27;1-13(2)17-10-18(15(4)9-14(17)3)19(28)25-26-21(30)24-16-11-22-20(23-12-16)27-5-7-29-8-6-27;1-13(2)17-10-18(15(4)9-14(17)3)19-24-25-21(29)27(19)16-11-22-20(23-12-16)26-5-7-28-8-6-26;1-7(2)10-6-11(12(15)14-13)9(4)5-8(10)3;1-8(16)13-9-6-11-10(12-7-9)14-2-4-15-5-3-14;9-7-5-10-8(11-6-7)12-1-3-13-4-2-12;1-5-3-2-4-6-5;1-2/h10-14H,6-9H2,1-5H3;9-13H,5-8H2,1-4H3,(H,25,28)(H2,24,26,30);9-13H,5-8H2,1-4H3,(H,25,29);5-7H,13H2,1-4H3,(H,14,15);6-7H,2-5H2,1H3,(H,13,16);5-6H,1-4,9H2;5H,2-4H2,1H3;1-2H3. The Labute approximate surface area is 850 Å². The van der Waals surface area contributed by atoms with Crippen LogP contribution < -0.4 is 63.0 Å². The van der Waals surface area contributed by atoms with Crippen molar-refractivity contribution in [3.05, 3.63) is 193 Å². The molecule has 10 N–H and O–H groups in total. The van der Waals surface area contributed by atoms with Gasteiger partial charge in [0.25, 0.3) is 11.8 Å². The fourth-order valence-electron chi connectivity index (χ4n) is 16.4. The maximum Gasteiger partial charge on any atom is 0.269 e. The van der Waals surface area contributed by atoms with Crippen LogP contribution in [-0.2, 0) is 28.4 Å². The van der Waals surface area contributed by atoms with Crippen molar-refractivity contribution in [1.29, 1.82) is 0 Å². The molecule has 0 radical (unpaired) electrons. The lowest BCUT2D eigenvalue weighted by Gasteiger charge is -2.26. The molecule has 36 nitrogen and oxygen atoms in total. The predicted molar refractivity (Wildman–Crippen MR) is 573 cm³/mol. The molecule has 7 aromatic heterocycles. The number of aromatic amines is 1. The molecule has 0 saturated carbocycles. The Morgan fingerprint density at radius 1 is 0.433 bits per heavy atom. The summed E-state index contributed by atoms with van der Waals surface area (Å²) in [6.07, 6.45) is 22.5. The van der Waals surface area contributed by atoms with Crippen LogP contribution in [0.15, 0.2) is 116 Å². The number of carbonyl (C=O) groups excluding carboxylic acids is 2. The number of carbonyl (C=O) groups is 2. The number of amides is 2. The molecule has 141 heavy (non-hydrogen) atoms. The van der Waals surface area contributed by atoms with Crippen LogP contribution in [0.1, 0.15) is 207 Å². The van der Waals surface area contributed by atoms with E-state index in [1.54, 1.807) is 61.3 Å². The fourth-order valence-corrected chi connectivity index (χ4v) is 17.4. The number of benzene rings is 4. The van der Waals surface area contributed by atoms with Gasteiger partial charge in [0.15, 0.2) is 26.7 Å². The van der Waals surface area contributed by atoms with Gasteiger partial charge < -0.3 is 69.3 Å². The zero-order valence-corrected chi connectivity index (χ0v) is 88.8. The van der Waals surface area contributed by atoms with Crippen LogP contribution in [0.5, 0.6) is 0 Å². The van der Waals surface area contributed by atoms with E-state index in [0.717, 1.165) is 184 Å². The smallest absolute Gasteiger partial charge is 0.269 e. The minimum Gasteiger partial charge on any atom is -0.396 e. The predicted octanol–water partition coefficient (Wildman–Crippen LogP) is 15.9. The second-order valence-corrected chi connectivity index (χ2v) is 37.8. The lowest BCUT2D eigenvalue weighted by molar-refractivity contribution is 0.0939. The van der Waals surface area contributed by atoms with Crippen LogP contribution >= 0.6 is 48.4 Å². The summed E-state index contributed by atoms with van der Waals surface area (Å²) in [5, 5.41) is 23.5. The highest BCUT2D eigenvalue weighted by Crippen LogP contribution is 2.36. The van der Waals surface area contributed by atoms with Gasteiger partial charge >= 0.3 is 0 Å². The van der Waals surface area contributed by atoms with Gasteiger partial charge in [-0.25, -0.2) is 55.7 Å². The second-order valence-electron chi connectivity index (χ2n) is 35.6. The Kier molecular flexibility index (Phi) is 43.8. The summed E-state index contributed by atoms with van der Waals surface area (Å²) in [7, 11) is 0. The minimum absolute atomic E-state index is 0.227. The molecule has 2 amide bonds. The number of thioether (sulfide) groups is 1. The van der Waals surface area contributed by atoms with E-state index >= 15 is 0 Å². The summed E-state index contributed by atoms with van der Waals surface area (Å²) in [6, 6.07) is 16.9. The lowest BCUT2D eigenvalue weighted by Crippen LogP contribution is -2.44. The van der Waals surface area contributed by atoms with Gasteiger partial charge in [-0.1, -0.05) is 117 Å². The summed E-state index contributed by atoms with van der Waals surface area (Å²) < 4.78 is 36.3. The number of aryl methyl sites for hydroxylation is 8. The van der Waals surface area contributed by atoms with Crippen LogP contribution in [0.3, 0.4) is 0 Å². The largest absolute Gasteiger partial charge is 0.396 e. The van der Waals surface area contributed by atoms with Crippen molar-refractivity contribution in [2.45, 2.75) is 186 Å². The number of rotatable bonds is 18. The molecule has 6 saturated heterocycles. The highest BCUT2D eigenvalue weighted by Gasteiger charge is 2.26. The number of morpholine rings is 5. The van der Waals surface area contributed by atoms with E-state index in [2.05, 4.69) is 254 Å². The number of H-pyrrole nitrogens is 1. The zero-order valence-electron chi connectivity index (χ0n) is 85.5. The number of nitrogens with one attached hydrogen (secondary N) is 6. The molecule has 0 aliphatic carbocycles. The Balaban J connectivity index is 0.000000176. The Bertz CT molecular complexity index is 5880. The Morgan fingerprint density at radius 3 is 1.10 bits per heavy atom. The molecule has 0 spiro atoms. The molecular weight excluding hydrogens is 1860 g/mol.